The fraction of sp³-hybridized carbons (Fsp3) is 0.286. The quantitative estimate of drug-likeness (QED) is 0.773. The minimum Gasteiger partial charge on any atom is -0.497 e. The summed E-state index contributed by atoms with van der Waals surface area (Å²) in [4.78, 5) is 11.3. The highest BCUT2D eigenvalue weighted by Crippen LogP contribution is 2.21. The molecule has 0 saturated carbocycles. The van der Waals surface area contributed by atoms with E-state index in [1.54, 1.807) is 24.9 Å². The molecule has 0 N–H and O–H groups in total. The van der Waals surface area contributed by atoms with E-state index in [4.69, 9.17) is 9.47 Å². The number of methoxy groups -OCH3 is 1. The van der Waals surface area contributed by atoms with Gasteiger partial charge in [-0.15, -0.1) is 0 Å². The number of hydrogen-bond donors (Lipinski definition) is 0. The van der Waals surface area contributed by atoms with Gasteiger partial charge in [0.05, 0.1) is 19.9 Å². The lowest BCUT2D eigenvalue weighted by atomic mass is 10.1. The van der Waals surface area contributed by atoms with Gasteiger partial charge in [-0.3, -0.25) is 9.48 Å². The molecule has 0 aliphatic carbocycles. The molecule has 0 saturated heterocycles. The summed E-state index contributed by atoms with van der Waals surface area (Å²) >= 11 is 0. The zero-order valence-corrected chi connectivity index (χ0v) is 11.0. The van der Waals surface area contributed by atoms with E-state index >= 15 is 0 Å². The van der Waals surface area contributed by atoms with Gasteiger partial charge < -0.3 is 9.47 Å². The zero-order valence-electron chi connectivity index (χ0n) is 11.0. The third kappa shape index (κ3) is 3.34. The summed E-state index contributed by atoms with van der Waals surface area (Å²) in [6, 6.07) is 7.67. The van der Waals surface area contributed by atoms with E-state index in [1.165, 1.54) is 0 Å². The lowest BCUT2D eigenvalue weighted by Crippen LogP contribution is -2.13. The van der Waals surface area contributed by atoms with Crippen molar-refractivity contribution in [2.24, 2.45) is 0 Å². The molecule has 0 unspecified atom stereocenters. The third-order valence-electron chi connectivity index (χ3n) is 2.65. The SMILES string of the molecule is CCOC(=O)Cn1cc(-c2ccc(OC)cc2)cn1. The lowest BCUT2D eigenvalue weighted by Gasteiger charge is -2.02. The molecule has 100 valence electrons. The summed E-state index contributed by atoms with van der Waals surface area (Å²) in [6.07, 6.45) is 3.54. The molecule has 0 fully saturated rings. The molecule has 0 spiro atoms. The minimum atomic E-state index is -0.285. The average Bonchev–Trinajstić information content (AvgIpc) is 2.87. The van der Waals surface area contributed by atoms with E-state index in [0.717, 1.165) is 16.9 Å². The van der Waals surface area contributed by atoms with Crippen LogP contribution in [0.15, 0.2) is 36.7 Å². The molecule has 5 heteroatoms. The van der Waals surface area contributed by atoms with Crippen LogP contribution in [0.3, 0.4) is 0 Å². The molecule has 1 heterocycles. The van der Waals surface area contributed by atoms with Gasteiger partial charge in [-0.05, 0) is 24.6 Å². The van der Waals surface area contributed by atoms with Crippen LogP contribution in [0, 0.1) is 0 Å². The molecule has 0 atom stereocenters. The van der Waals surface area contributed by atoms with Crippen molar-refractivity contribution in [3.63, 3.8) is 0 Å². The van der Waals surface area contributed by atoms with Gasteiger partial charge in [-0.2, -0.15) is 5.10 Å². The van der Waals surface area contributed by atoms with Crippen LogP contribution in [-0.4, -0.2) is 29.5 Å². The Balaban J connectivity index is 2.09. The maximum Gasteiger partial charge on any atom is 0.327 e. The van der Waals surface area contributed by atoms with Crippen molar-refractivity contribution in [2.75, 3.05) is 13.7 Å². The molecule has 0 bridgehead atoms. The third-order valence-corrected chi connectivity index (χ3v) is 2.65. The van der Waals surface area contributed by atoms with Gasteiger partial charge in [0.15, 0.2) is 0 Å². The van der Waals surface area contributed by atoms with E-state index < -0.39 is 0 Å². The van der Waals surface area contributed by atoms with Crippen LogP contribution >= 0.6 is 0 Å². The van der Waals surface area contributed by atoms with Crippen LogP contribution in [0.25, 0.3) is 11.1 Å². The Labute approximate surface area is 111 Å². The predicted molar refractivity (Wildman–Crippen MR) is 70.8 cm³/mol. The molecule has 0 aliphatic rings. The normalized spacial score (nSPS) is 10.2. The number of ether oxygens (including phenoxy) is 2. The number of esters is 1. The van der Waals surface area contributed by atoms with Crippen molar-refractivity contribution in [1.29, 1.82) is 0 Å². The molecule has 2 aromatic rings. The van der Waals surface area contributed by atoms with Crippen molar-refractivity contribution >= 4 is 5.97 Å². The molecule has 1 aromatic carbocycles. The van der Waals surface area contributed by atoms with Gasteiger partial charge in [-0.25, -0.2) is 0 Å². The highest BCUT2D eigenvalue weighted by Gasteiger charge is 2.06. The summed E-state index contributed by atoms with van der Waals surface area (Å²) in [5.74, 6) is 0.523. The highest BCUT2D eigenvalue weighted by atomic mass is 16.5. The lowest BCUT2D eigenvalue weighted by molar-refractivity contribution is -0.144. The molecule has 1 aromatic heterocycles. The second-order valence-corrected chi connectivity index (χ2v) is 3.96. The molecule has 2 rings (SSSR count). The number of carbonyl (C=O) groups excluding carboxylic acids is 1. The van der Waals surface area contributed by atoms with Crippen molar-refractivity contribution < 1.29 is 14.3 Å². The Hall–Kier alpha value is -2.30. The second-order valence-electron chi connectivity index (χ2n) is 3.96. The van der Waals surface area contributed by atoms with E-state index in [1.807, 2.05) is 30.5 Å². The van der Waals surface area contributed by atoms with E-state index in [9.17, 15) is 4.79 Å². The first kappa shape index (κ1) is 13.1. The predicted octanol–water partition coefficient (Wildman–Crippen LogP) is 2.12. The number of carbonyl (C=O) groups is 1. The van der Waals surface area contributed by atoms with Crippen LogP contribution in [0.4, 0.5) is 0 Å². The Morgan fingerprint density at radius 1 is 1.26 bits per heavy atom. The maximum atomic E-state index is 11.3. The highest BCUT2D eigenvalue weighted by molar-refractivity contribution is 5.69. The van der Waals surface area contributed by atoms with Crippen molar-refractivity contribution in [1.82, 2.24) is 9.78 Å². The number of hydrogen-bond acceptors (Lipinski definition) is 4. The number of aromatic nitrogens is 2. The minimum absolute atomic E-state index is 0.129. The van der Waals surface area contributed by atoms with Crippen LogP contribution in [0.1, 0.15) is 6.92 Å². The fourth-order valence-electron chi connectivity index (χ4n) is 1.72. The molecule has 19 heavy (non-hydrogen) atoms. The number of nitrogens with zero attached hydrogens (tertiary/aromatic N) is 2. The van der Waals surface area contributed by atoms with Gasteiger partial charge in [0.1, 0.15) is 12.3 Å². The van der Waals surface area contributed by atoms with Crippen molar-refractivity contribution in [2.45, 2.75) is 13.5 Å². The Morgan fingerprint density at radius 2 is 2.00 bits per heavy atom. The Kier molecular flexibility index (Phi) is 4.18. The molecule has 5 nitrogen and oxygen atoms in total. The van der Waals surface area contributed by atoms with Crippen LogP contribution < -0.4 is 4.74 Å². The van der Waals surface area contributed by atoms with Crippen molar-refractivity contribution in [3.05, 3.63) is 36.7 Å². The molecule has 0 aliphatic heterocycles. The smallest absolute Gasteiger partial charge is 0.327 e. The van der Waals surface area contributed by atoms with Gasteiger partial charge in [-0.1, -0.05) is 12.1 Å². The molecular formula is C14H16N2O3. The van der Waals surface area contributed by atoms with E-state index in [-0.39, 0.29) is 12.5 Å². The monoisotopic (exact) mass is 260 g/mol. The van der Waals surface area contributed by atoms with Gasteiger partial charge in [0.2, 0.25) is 0 Å². The van der Waals surface area contributed by atoms with Gasteiger partial charge in [0.25, 0.3) is 0 Å². The number of benzene rings is 1. The Bertz CT molecular complexity index is 546. The van der Waals surface area contributed by atoms with Gasteiger partial charge >= 0.3 is 5.97 Å². The van der Waals surface area contributed by atoms with Crippen LogP contribution in [0.2, 0.25) is 0 Å². The fourth-order valence-corrected chi connectivity index (χ4v) is 1.72. The summed E-state index contributed by atoms with van der Waals surface area (Å²) < 4.78 is 11.5. The standard InChI is InChI=1S/C14H16N2O3/c1-3-19-14(17)10-16-9-12(8-15-16)11-4-6-13(18-2)7-5-11/h4-9H,3,10H2,1-2H3. The first-order chi connectivity index (χ1) is 9.22. The topological polar surface area (TPSA) is 53.4 Å². The zero-order chi connectivity index (χ0) is 13.7. The first-order valence-electron chi connectivity index (χ1n) is 6.05. The van der Waals surface area contributed by atoms with Crippen LogP contribution in [-0.2, 0) is 16.1 Å². The summed E-state index contributed by atoms with van der Waals surface area (Å²) in [7, 11) is 1.63. The van der Waals surface area contributed by atoms with E-state index in [2.05, 4.69) is 5.10 Å². The van der Waals surface area contributed by atoms with Crippen LogP contribution in [0.5, 0.6) is 5.75 Å². The summed E-state index contributed by atoms with van der Waals surface area (Å²) in [5.41, 5.74) is 1.97. The molecule has 0 amide bonds. The first-order valence-corrected chi connectivity index (χ1v) is 6.05. The summed E-state index contributed by atoms with van der Waals surface area (Å²) in [5, 5.41) is 4.14. The Morgan fingerprint density at radius 3 is 2.63 bits per heavy atom. The maximum absolute atomic E-state index is 11.3. The molecule has 0 radical (unpaired) electrons. The number of rotatable bonds is 5. The molecular weight excluding hydrogens is 244 g/mol. The van der Waals surface area contributed by atoms with Crippen molar-refractivity contribution in [3.8, 4) is 16.9 Å². The summed E-state index contributed by atoms with van der Waals surface area (Å²) in [6.45, 7) is 2.29. The van der Waals surface area contributed by atoms with Gasteiger partial charge in [0, 0.05) is 11.8 Å². The van der Waals surface area contributed by atoms with E-state index in [0.29, 0.717) is 6.61 Å². The largest absolute Gasteiger partial charge is 0.497 e. The average molecular weight is 260 g/mol. The second kappa shape index (κ2) is 6.04.